The summed E-state index contributed by atoms with van der Waals surface area (Å²) in [6.07, 6.45) is 2.34. The summed E-state index contributed by atoms with van der Waals surface area (Å²) in [5.74, 6) is 0.529. The third-order valence-electron chi connectivity index (χ3n) is 3.64. The van der Waals surface area contributed by atoms with Crippen LogP contribution in [0.15, 0.2) is 22.7 Å². The molecule has 21 heavy (non-hydrogen) atoms. The van der Waals surface area contributed by atoms with Crippen molar-refractivity contribution in [1.82, 2.24) is 10.2 Å². The number of halogens is 2. The molecule has 1 fully saturated rings. The van der Waals surface area contributed by atoms with E-state index < -0.39 is 0 Å². The van der Waals surface area contributed by atoms with Crippen molar-refractivity contribution in [3.63, 3.8) is 0 Å². The molecular weight excluding hydrogens is 352 g/mol. The molecule has 1 N–H and O–H groups in total. The third-order valence-corrected chi connectivity index (χ3v) is 4.86. The molecule has 2 rings (SSSR count). The number of hydrogen-bond donors (Lipinski definition) is 1. The maximum atomic E-state index is 12.8. The molecule has 0 bridgehead atoms. The van der Waals surface area contributed by atoms with Gasteiger partial charge in [-0.05, 0) is 59.4 Å². The van der Waals surface area contributed by atoms with Crippen LogP contribution in [0.2, 0.25) is 5.02 Å². The quantitative estimate of drug-likeness (QED) is 0.847. The van der Waals surface area contributed by atoms with Gasteiger partial charge in [-0.25, -0.2) is 0 Å². The molecule has 0 spiro atoms. The fourth-order valence-corrected chi connectivity index (χ4v) is 3.17. The minimum absolute atomic E-state index is 0.0785. The Morgan fingerprint density at radius 2 is 2.29 bits per heavy atom. The van der Waals surface area contributed by atoms with Crippen LogP contribution in [-0.2, 0) is 0 Å². The molecule has 0 radical (unpaired) electrons. The number of benzene rings is 1. The fraction of sp³-hybridized carbons (Fsp3) is 0.562. The first-order chi connectivity index (χ1) is 9.97. The Kier molecular flexibility index (Phi) is 6.08. The lowest BCUT2D eigenvalue weighted by Crippen LogP contribution is -2.42. The summed E-state index contributed by atoms with van der Waals surface area (Å²) in [6, 6.07) is 5.79. The number of carbonyl (C=O) groups excluding carboxylic acids is 1. The summed E-state index contributed by atoms with van der Waals surface area (Å²) in [4.78, 5) is 14.7. The minimum atomic E-state index is 0.0785. The van der Waals surface area contributed by atoms with Crippen LogP contribution in [0.5, 0.6) is 0 Å². The second-order valence-electron chi connectivity index (χ2n) is 6.03. The van der Waals surface area contributed by atoms with Crippen molar-refractivity contribution >= 4 is 33.4 Å². The molecule has 0 aliphatic carbocycles. The van der Waals surface area contributed by atoms with Crippen LogP contribution in [0.3, 0.4) is 0 Å². The van der Waals surface area contributed by atoms with Crippen molar-refractivity contribution in [2.24, 2.45) is 5.92 Å². The number of nitrogens with zero attached hydrogens (tertiary/aromatic N) is 1. The van der Waals surface area contributed by atoms with Crippen molar-refractivity contribution in [2.45, 2.75) is 32.7 Å². The monoisotopic (exact) mass is 372 g/mol. The Labute approximate surface area is 140 Å². The summed E-state index contributed by atoms with van der Waals surface area (Å²) in [5, 5.41) is 4.09. The average molecular weight is 374 g/mol. The number of nitrogens with one attached hydrogen (secondary N) is 1. The third kappa shape index (κ3) is 4.70. The molecule has 116 valence electrons. The van der Waals surface area contributed by atoms with E-state index in [1.54, 1.807) is 18.2 Å². The number of amides is 1. The molecule has 1 aliphatic rings. The first-order valence-corrected chi connectivity index (χ1v) is 8.62. The molecule has 1 saturated heterocycles. The lowest BCUT2D eigenvalue weighted by molar-refractivity contribution is 0.0721. The second-order valence-corrected chi connectivity index (χ2v) is 7.29. The highest BCUT2D eigenvalue weighted by atomic mass is 79.9. The second kappa shape index (κ2) is 7.61. The van der Waals surface area contributed by atoms with Gasteiger partial charge in [-0.2, -0.15) is 0 Å². The number of hydrogen-bond acceptors (Lipinski definition) is 2. The molecule has 3 nitrogen and oxygen atoms in total. The highest BCUT2D eigenvalue weighted by Gasteiger charge is 2.23. The van der Waals surface area contributed by atoms with Gasteiger partial charge in [0.1, 0.15) is 0 Å². The Hall–Kier alpha value is -0.580. The smallest absolute Gasteiger partial charge is 0.253 e. The predicted octanol–water partition coefficient (Wildman–Crippen LogP) is 3.95. The van der Waals surface area contributed by atoms with Crippen molar-refractivity contribution in [1.29, 1.82) is 0 Å². The van der Waals surface area contributed by atoms with E-state index in [2.05, 4.69) is 35.1 Å². The maximum absolute atomic E-state index is 12.8. The van der Waals surface area contributed by atoms with E-state index in [0.29, 0.717) is 22.5 Å². The predicted molar refractivity (Wildman–Crippen MR) is 90.9 cm³/mol. The van der Waals surface area contributed by atoms with Gasteiger partial charge in [-0.3, -0.25) is 4.79 Å². The minimum Gasteiger partial charge on any atom is -0.337 e. The molecule has 1 unspecified atom stereocenters. The highest BCUT2D eigenvalue weighted by molar-refractivity contribution is 9.10. The first-order valence-electron chi connectivity index (χ1n) is 7.45. The van der Waals surface area contributed by atoms with E-state index in [4.69, 9.17) is 11.6 Å². The Balaban J connectivity index is 2.13. The van der Waals surface area contributed by atoms with Crippen LogP contribution in [0.4, 0.5) is 0 Å². The molecule has 1 heterocycles. The molecule has 1 amide bonds. The molecule has 0 saturated carbocycles. The average Bonchev–Trinajstić information content (AvgIpc) is 2.93. The molecule has 5 heteroatoms. The summed E-state index contributed by atoms with van der Waals surface area (Å²) >= 11 is 9.39. The summed E-state index contributed by atoms with van der Waals surface area (Å²) < 4.78 is 0.763. The van der Waals surface area contributed by atoms with E-state index in [-0.39, 0.29) is 5.91 Å². The Morgan fingerprint density at radius 1 is 1.52 bits per heavy atom. The lowest BCUT2D eigenvalue weighted by Gasteiger charge is -2.27. The molecule has 1 atom stereocenters. The van der Waals surface area contributed by atoms with Gasteiger partial charge in [0, 0.05) is 29.2 Å². The van der Waals surface area contributed by atoms with Gasteiger partial charge in [0.15, 0.2) is 0 Å². The standard InChI is InChI=1S/C16H22BrClN2O/c1-11(2)9-20(10-13-4-3-7-19-13)16(21)12-5-6-15(18)14(17)8-12/h5-6,8,11,13,19H,3-4,7,9-10H2,1-2H3. The van der Waals surface area contributed by atoms with E-state index >= 15 is 0 Å². The largest absolute Gasteiger partial charge is 0.337 e. The van der Waals surface area contributed by atoms with Gasteiger partial charge in [0.05, 0.1) is 5.02 Å². The van der Waals surface area contributed by atoms with Crippen molar-refractivity contribution in [2.75, 3.05) is 19.6 Å². The first kappa shape index (κ1) is 16.8. The van der Waals surface area contributed by atoms with E-state index in [9.17, 15) is 4.79 Å². The Morgan fingerprint density at radius 3 is 2.86 bits per heavy atom. The molecule has 0 aromatic heterocycles. The van der Waals surface area contributed by atoms with Gasteiger partial charge in [-0.1, -0.05) is 25.4 Å². The van der Waals surface area contributed by atoms with E-state index in [1.807, 2.05) is 4.90 Å². The van der Waals surface area contributed by atoms with Crippen LogP contribution < -0.4 is 5.32 Å². The SMILES string of the molecule is CC(C)CN(CC1CCCN1)C(=O)c1ccc(Cl)c(Br)c1. The molecule has 1 aliphatic heterocycles. The summed E-state index contributed by atoms with van der Waals surface area (Å²) in [6.45, 7) is 6.88. The van der Waals surface area contributed by atoms with Crippen molar-refractivity contribution in [3.05, 3.63) is 33.3 Å². The Bertz CT molecular complexity index is 501. The summed E-state index contributed by atoms with van der Waals surface area (Å²) in [5.41, 5.74) is 0.685. The van der Waals surface area contributed by atoms with Crippen LogP contribution >= 0.6 is 27.5 Å². The van der Waals surface area contributed by atoms with Gasteiger partial charge in [0.25, 0.3) is 5.91 Å². The number of carbonyl (C=O) groups is 1. The number of rotatable bonds is 5. The highest BCUT2D eigenvalue weighted by Crippen LogP contribution is 2.24. The van der Waals surface area contributed by atoms with Gasteiger partial charge in [-0.15, -0.1) is 0 Å². The van der Waals surface area contributed by atoms with Crippen LogP contribution in [0, 0.1) is 5.92 Å². The molecule has 1 aromatic carbocycles. The molecular formula is C16H22BrClN2O. The normalized spacial score (nSPS) is 18.2. The fourth-order valence-electron chi connectivity index (χ4n) is 2.67. The molecule has 1 aromatic rings. The van der Waals surface area contributed by atoms with E-state index in [0.717, 1.165) is 30.5 Å². The van der Waals surface area contributed by atoms with Crippen LogP contribution in [0.1, 0.15) is 37.0 Å². The van der Waals surface area contributed by atoms with Crippen molar-refractivity contribution in [3.8, 4) is 0 Å². The van der Waals surface area contributed by atoms with Gasteiger partial charge in [0.2, 0.25) is 0 Å². The van der Waals surface area contributed by atoms with E-state index in [1.165, 1.54) is 6.42 Å². The van der Waals surface area contributed by atoms with Crippen LogP contribution in [-0.4, -0.2) is 36.5 Å². The topological polar surface area (TPSA) is 32.3 Å². The van der Waals surface area contributed by atoms with Crippen molar-refractivity contribution < 1.29 is 4.79 Å². The maximum Gasteiger partial charge on any atom is 0.253 e. The van der Waals surface area contributed by atoms with Crippen LogP contribution in [0.25, 0.3) is 0 Å². The zero-order chi connectivity index (χ0) is 15.4. The lowest BCUT2D eigenvalue weighted by atomic mass is 10.1. The zero-order valence-corrected chi connectivity index (χ0v) is 14.9. The van der Waals surface area contributed by atoms with Gasteiger partial charge < -0.3 is 10.2 Å². The zero-order valence-electron chi connectivity index (χ0n) is 12.5. The van der Waals surface area contributed by atoms with Gasteiger partial charge >= 0.3 is 0 Å². The summed E-state index contributed by atoms with van der Waals surface area (Å²) in [7, 11) is 0.